The van der Waals surface area contributed by atoms with Gasteiger partial charge in [-0.2, -0.15) is 0 Å². The minimum absolute atomic E-state index is 0.00268. The number of hydrogen-bond donors (Lipinski definition) is 2. The number of benzene rings is 1. The van der Waals surface area contributed by atoms with Gasteiger partial charge >= 0.3 is 0 Å². The molecule has 5 nitrogen and oxygen atoms in total. The van der Waals surface area contributed by atoms with Crippen LogP contribution in [0.5, 0.6) is 0 Å². The van der Waals surface area contributed by atoms with Gasteiger partial charge in [-0.3, -0.25) is 9.59 Å². The number of aromatic nitrogens is 1. The third-order valence-corrected chi connectivity index (χ3v) is 6.74. The van der Waals surface area contributed by atoms with E-state index in [2.05, 4.69) is 26.2 Å². The number of thioether (sulfide) groups is 1. The lowest BCUT2D eigenvalue weighted by Crippen LogP contribution is -2.14. The van der Waals surface area contributed by atoms with E-state index in [9.17, 15) is 9.59 Å². The van der Waals surface area contributed by atoms with E-state index in [1.165, 1.54) is 28.7 Å². The molecule has 126 valence electrons. The number of amides is 2. The Hall–Kier alpha value is -1.38. The monoisotopic (exact) mass is 425 g/mol. The number of nitrogens with one attached hydrogen (secondary N) is 1. The Morgan fingerprint density at radius 1 is 1.42 bits per heavy atom. The molecule has 2 atom stereocenters. The molecule has 1 saturated carbocycles. The largest absolute Gasteiger partial charge is 0.369 e. The summed E-state index contributed by atoms with van der Waals surface area (Å²) in [6, 6.07) is 8.09. The summed E-state index contributed by atoms with van der Waals surface area (Å²) in [4.78, 5) is 27.6. The summed E-state index contributed by atoms with van der Waals surface area (Å²) in [5.74, 6) is 0.127. The fraction of sp³-hybridized carbons (Fsp3) is 0.312. The minimum atomic E-state index is -0.367. The zero-order valence-corrected chi connectivity index (χ0v) is 16.1. The van der Waals surface area contributed by atoms with Gasteiger partial charge in [0.1, 0.15) is 0 Å². The van der Waals surface area contributed by atoms with Crippen LogP contribution in [0.2, 0.25) is 0 Å². The standard InChI is InChI=1S/C16H16BrN3O2S2/c1-8-15(23-7-13(18)21)24-16(19-8)20-14(22)12-6-11(12)9-2-4-10(17)5-3-9/h2-5,11-12H,6-7H2,1H3,(H2,18,21)(H,19,20,22). The first-order valence-electron chi connectivity index (χ1n) is 7.39. The van der Waals surface area contributed by atoms with Crippen molar-refractivity contribution in [3.8, 4) is 0 Å². The number of aryl methyl sites for hydroxylation is 1. The van der Waals surface area contributed by atoms with Crippen LogP contribution >= 0.6 is 39.0 Å². The number of anilines is 1. The third kappa shape index (κ3) is 4.17. The summed E-state index contributed by atoms with van der Waals surface area (Å²) >= 11 is 6.15. The van der Waals surface area contributed by atoms with Crippen LogP contribution < -0.4 is 11.1 Å². The molecule has 2 unspecified atom stereocenters. The first-order chi connectivity index (χ1) is 11.4. The van der Waals surface area contributed by atoms with E-state index >= 15 is 0 Å². The molecule has 1 heterocycles. The summed E-state index contributed by atoms with van der Waals surface area (Å²) in [6.45, 7) is 1.86. The van der Waals surface area contributed by atoms with Gasteiger partial charge in [-0.15, -0.1) is 11.8 Å². The summed E-state index contributed by atoms with van der Waals surface area (Å²) in [7, 11) is 0. The number of primary amides is 1. The molecular weight excluding hydrogens is 410 g/mol. The number of thiazole rings is 1. The highest BCUT2D eigenvalue weighted by atomic mass is 79.9. The molecule has 24 heavy (non-hydrogen) atoms. The Balaban J connectivity index is 1.59. The summed E-state index contributed by atoms with van der Waals surface area (Å²) in [5.41, 5.74) is 7.15. The molecule has 1 aromatic heterocycles. The number of carbonyl (C=O) groups excluding carboxylic acids is 2. The number of carbonyl (C=O) groups is 2. The van der Waals surface area contributed by atoms with Crippen LogP contribution in [0.3, 0.4) is 0 Å². The van der Waals surface area contributed by atoms with E-state index in [1.807, 2.05) is 31.2 Å². The molecule has 3 N–H and O–H groups in total. The van der Waals surface area contributed by atoms with E-state index in [4.69, 9.17) is 5.73 Å². The molecule has 1 fully saturated rings. The van der Waals surface area contributed by atoms with E-state index in [-0.39, 0.29) is 29.4 Å². The number of halogens is 1. The number of nitrogens with two attached hydrogens (primary N) is 1. The van der Waals surface area contributed by atoms with Crippen molar-refractivity contribution >= 4 is 56.0 Å². The molecule has 0 aliphatic heterocycles. The molecule has 0 bridgehead atoms. The van der Waals surface area contributed by atoms with Gasteiger partial charge in [0.25, 0.3) is 0 Å². The summed E-state index contributed by atoms with van der Waals surface area (Å²) in [6.07, 6.45) is 0.862. The van der Waals surface area contributed by atoms with Gasteiger partial charge in [0, 0.05) is 10.4 Å². The van der Waals surface area contributed by atoms with Crippen LogP contribution in [0.4, 0.5) is 5.13 Å². The molecule has 1 aromatic carbocycles. The molecule has 8 heteroatoms. The normalized spacial score (nSPS) is 19.1. The highest BCUT2D eigenvalue weighted by Crippen LogP contribution is 2.48. The van der Waals surface area contributed by atoms with Crippen LogP contribution in [0.15, 0.2) is 32.9 Å². The quantitative estimate of drug-likeness (QED) is 0.692. The van der Waals surface area contributed by atoms with E-state index in [0.29, 0.717) is 5.13 Å². The fourth-order valence-electron chi connectivity index (χ4n) is 2.47. The molecule has 1 aliphatic carbocycles. The molecule has 2 aromatic rings. The minimum Gasteiger partial charge on any atom is -0.369 e. The first-order valence-corrected chi connectivity index (χ1v) is 9.98. The van der Waals surface area contributed by atoms with Gasteiger partial charge in [-0.1, -0.05) is 39.4 Å². The highest BCUT2D eigenvalue weighted by molar-refractivity contribution is 9.10. The predicted molar refractivity (Wildman–Crippen MR) is 100 cm³/mol. The zero-order valence-electron chi connectivity index (χ0n) is 12.9. The van der Waals surface area contributed by atoms with E-state index in [1.54, 1.807) is 0 Å². The molecule has 2 amide bonds. The van der Waals surface area contributed by atoms with Crippen molar-refractivity contribution in [3.63, 3.8) is 0 Å². The molecule has 0 saturated heterocycles. The number of rotatable bonds is 6. The second-order valence-corrected chi connectivity index (χ2v) is 8.80. The van der Waals surface area contributed by atoms with Gasteiger partial charge in [0.15, 0.2) is 5.13 Å². The highest BCUT2D eigenvalue weighted by Gasteiger charge is 2.44. The lowest BCUT2D eigenvalue weighted by atomic mass is 10.1. The van der Waals surface area contributed by atoms with Crippen molar-refractivity contribution in [1.29, 1.82) is 0 Å². The summed E-state index contributed by atoms with van der Waals surface area (Å²) < 4.78 is 1.94. The Bertz CT molecular complexity index is 776. The topological polar surface area (TPSA) is 85.1 Å². The maximum atomic E-state index is 12.4. The number of nitrogens with zero attached hydrogens (tertiary/aromatic N) is 1. The lowest BCUT2D eigenvalue weighted by molar-refractivity contribution is -0.117. The molecule has 3 rings (SSSR count). The van der Waals surface area contributed by atoms with Crippen molar-refractivity contribution in [1.82, 2.24) is 4.98 Å². The lowest BCUT2D eigenvalue weighted by Gasteiger charge is -2.02. The Labute approximate surface area is 156 Å². The SMILES string of the molecule is Cc1nc(NC(=O)C2CC2c2ccc(Br)cc2)sc1SCC(N)=O. The van der Waals surface area contributed by atoms with Gasteiger partial charge in [-0.25, -0.2) is 4.98 Å². The molecule has 1 aliphatic rings. The Morgan fingerprint density at radius 2 is 2.12 bits per heavy atom. The average Bonchev–Trinajstić information content (AvgIpc) is 3.25. The van der Waals surface area contributed by atoms with Crippen molar-refractivity contribution in [2.45, 2.75) is 23.5 Å². The zero-order chi connectivity index (χ0) is 17.3. The molecular formula is C16H16BrN3O2S2. The van der Waals surface area contributed by atoms with Crippen LogP contribution in [0.1, 0.15) is 23.6 Å². The average molecular weight is 426 g/mol. The van der Waals surface area contributed by atoms with Crippen LogP contribution in [0, 0.1) is 12.8 Å². The Morgan fingerprint density at radius 3 is 2.79 bits per heavy atom. The van der Waals surface area contributed by atoms with Crippen LogP contribution in [-0.2, 0) is 9.59 Å². The second kappa shape index (κ2) is 7.25. The number of hydrogen-bond acceptors (Lipinski definition) is 5. The van der Waals surface area contributed by atoms with Gasteiger partial charge in [0.2, 0.25) is 11.8 Å². The van der Waals surface area contributed by atoms with Gasteiger partial charge in [0.05, 0.1) is 15.7 Å². The predicted octanol–water partition coefficient (Wildman–Crippen LogP) is 3.53. The van der Waals surface area contributed by atoms with Gasteiger partial charge < -0.3 is 11.1 Å². The van der Waals surface area contributed by atoms with Crippen molar-refractivity contribution < 1.29 is 9.59 Å². The van der Waals surface area contributed by atoms with Crippen molar-refractivity contribution in [2.24, 2.45) is 11.7 Å². The smallest absolute Gasteiger partial charge is 0.229 e. The van der Waals surface area contributed by atoms with Gasteiger partial charge in [-0.05, 0) is 37.0 Å². The molecule has 0 spiro atoms. The van der Waals surface area contributed by atoms with E-state index in [0.717, 1.165) is 20.8 Å². The first kappa shape index (κ1) is 17.4. The third-order valence-electron chi connectivity index (χ3n) is 3.76. The fourth-order valence-corrected chi connectivity index (χ4v) is 4.61. The van der Waals surface area contributed by atoms with Crippen LogP contribution in [-0.4, -0.2) is 22.6 Å². The maximum Gasteiger partial charge on any atom is 0.229 e. The van der Waals surface area contributed by atoms with Crippen molar-refractivity contribution in [2.75, 3.05) is 11.1 Å². The second-order valence-electron chi connectivity index (χ2n) is 5.64. The summed E-state index contributed by atoms with van der Waals surface area (Å²) in [5, 5.41) is 3.47. The van der Waals surface area contributed by atoms with E-state index < -0.39 is 0 Å². The van der Waals surface area contributed by atoms with Crippen LogP contribution in [0.25, 0.3) is 0 Å². The molecule has 0 radical (unpaired) electrons. The maximum absolute atomic E-state index is 12.4. The van der Waals surface area contributed by atoms with Crippen molar-refractivity contribution in [3.05, 3.63) is 40.0 Å². The Kier molecular flexibility index (Phi) is 5.27.